The molecule has 2 heterocycles. The van der Waals surface area contributed by atoms with Crippen LogP contribution in [0.5, 0.6) is 0 Å². The highest BCUT2D eigenvalue weighted by atomic mass is 16.1. The summed E-state index contributed by atoms with van der Waals surface area (Å²) in [5.74, 6) is -0.176. The summed E-state index contributed by atoms with van der Waals surface area (Å²) < 4.78 is 1.90. The number of amides is 1. The number of pyridine rings is 1. The number of aromatic nitrogens is 3. The second kappa shape index (κ2) is 6.66. The van der Waals surface area contributed by atoms with Crippen molar-refractivity contribution < 1.29 is 4.79 Å². The van der Waals surface area contributed by atoms with Crippen molar-refractivity contribution in [2.45, 2.75) is 27.3 Å². The molecule has 0 atom stereocenters. The van der Waals surface area contributed by atoms with Crippen molar-refractivity contribution in [2.24, 2.45) is 0 Å². The highest BCUT2D eigenvalue weighted by Crippen LogP contribution is 2.17. The van der Waals surface area contributed by atoms with E-state index in [1.165, 1.54) is 0 Å². The largest absolute Gasteiger partial charge is 0.346 e. The van der Waals surface area contributed by atoms with E-state index in [-0.39, 0.29) is 5.91 Å². The van der Waals surface area contributed by atoms with Crippen LogP contribution >= 0.6 is 0 Å². The van der Waals surface area contributed by atoms with Crippen molar-refractivity contribution in [2.75, 3.05) is 0 Å². The molecule has 0 saturated heterocycles. The Labute approximate surface area is 141 Å². The monoisotopic (exact) mass is 320 g/mol. The molecule has 3 rings (SSSR count). The first kappa shape index (κ1) is 15.9. The van der Waals surface area contributed by atoms with E-state index < -0.39 is 0 Å². The van der Waals surface area contributed by atoms with Gasteiger partial charge >= 0.3 is 0 Å². The van der Waals surface area contributed by atoms with Crippen molar-refractivity contribution in [1.82, 2.24) is 20.1 Å². The Hall–Kier alpha value is -2.95. The number of benzene rings is 1. The highest BCUT2D eigenvalue weighted by Gasteiger charge is 2.14. The summed E-state index contributed by atoms with van der Waals surface area (Å²) in [5.41, 5.74) is 5.23. The lowest BCUT2D eigenvalue weighted by molar-refractivity contribution is 0.0945. The second-order valence-electron chi connectivity index (χ2n) is 5.74. The van der Waals surface area contributed by atoms with E-state index in [0.29, 0.717) is 12.2 Å². The first-order valence-corrected chi connectivity index (χ1v) is 7.88. The van der Waals surface area contributed by atoms with Crippen molar-refractivity contribution in [3.63, 3.8) is 0 Å². The number of hydrogen-bond acceptors (Lipinski definition) is 3. The van der Waals surface area contributed by atoms with E-state index in [4.69, 9.17) is 0 Å². The zero-order valence-corrected chi connectivity index (χ0v) is 14.1. The number of hydrogen-bond donors (Lipinski definition) is 1. The third-order valence-corrected chi connectivity index (χ3v) is 3.99. The van der Waals surface area contributed by atoms with Gasteiger partial charge in [0, 0.05) is 23.5 Å². The lowest BCUT2D eigenvalue weighted by atomic mass is 10.2. The zero-order chi connectivity index (χ0) is 17.1. The Balaban J connectivity index is 1.79. The molecule has 3 aromatic rings. The molecule has 24 heavy (non-hydrogen) atoms. The van der Waals surface area contributed by atoms with Gasteiger partial charge in [0.05, 0.1) is 11.4 Å². The average molecular weight is 320 g/mol. The van der Waals surface area contributed by atoms with E-state index in [9.17, 15) is 4.79 Å². The van der Waals surface area contributed by atoms with Gasteiger partial charge in [-0.2, -0.15) is 5.10 Å². The van der Waals surface area contributed by atoms with E-state index in [1.807, 2.05) is 67.9 Å². The van der Waals surface area contributed by atoms with Crippen LogP contribution in [-0.4, -0.2) is 20.7 Å². The van der Waals surface area contributed by atoms with Gasteiger partial charge in [-0.3, -0.25) is 4.79 Å². The summed E-state index contributed by atoms with van der Waals surface area (Å²) in [6.07, 6.45) is 0. The van der Waals surface area contributed by atoms with Crippen LogP contribution < -0.4 is 5.32 Å². The van der Waals surface area contributed by atoms with Gasteiger partial charge in [-0.25, -0.2) is 9.67 Å². The number of carbonyl (C=O) groups is 1. The number of nitrogens with zero attached hydrogens (tertiary/aromatic N) is 3. The molecule has 0 radical (unpaired) electrons. The fourth-order valence-electron chi connectivity index (χ4n) is 2.68. The van der Waals surface area contributed by atoms with Crippen LogP contribution in [-0.2, 0) is 6.54 Å². The number of nitrogens with one attached hydrogen (secondary N) is 1. The third-order valence-electron chi connectivity index (χ3n) is 3.99. The predicted molar refractivity (Wildman–Crippen MR) is 93.2 cm³/mol. The third kappa shape index (κ3) is 3.20. The molecule has 0 bridgehead atoms. The Morgan fingerprint density at radius 3 is 2.50 bits per heavy atom. The zero-order valence-electron chi connectivity index (χ0n) is 14.1. The number of carbonyl (C=O) groups excluding carboxylic acids is 1. The molecule has 1 aromatic carbocycles. The smallest absolute Gasteiger partial charge is 0.270 e. The normalized spacial score (nSPS) is 10.6. The molecular formula is C19H20N4O. The van der Waals surface area contributed by atoms with Crippen LogP contribution in [0.1, 0.15) is 33.1 Å². The molecule has 0 spiro atoms. The molecule has 0 aliphatic rings. The Bertz CT molecular complexity index is 868. The van der Waals surface area contributed by atoms with Crippen LogP contribution in [0.4, 0.5) is 0 Å². The predicted octanol–water partition coefficient (Wildman–Crippen LogP) is 3.12. The Morgan fingerprint density at radius 2 is 1.79 bits per heavy atom. The van der Waals surface area contributed by atoms with Crippen molar-refractivity contribution in [1.29, 1.82) is 0 Å². The minimum absolute atomic E-state index is 0.176. The fraction of sp³-hybridized carbons (Fsp3) is 0.211. The van der Waals surface area contributed by atoms with E-state index >= 15 is 0 Å². The van der Waals surface area contributed by atoms with Crippen molar-refractivity contribution in [3.8, 4) is 5.69 Å². The number of aryl methyl sites for hydroxylation is 2. The van der Waals surface area contributed by atoms with E-state index in [1.54, 1.807) is 6.07 Å². The number of para-hydroxylation sites is 1. The molecule has 5 nitrogen and oxygen atoms in total. The fourth-order valence-corrected chi connectivity index (χ4v) is 2.68. The first-order chi connectivity index (χ1) is 11.6. The molecule has 1 amide bonds. The Kier molecular flexibility index (Phi) is 4.42. The van der Waals surface area contributed by atoms with Crippen LogP contribution in [0.2, 0.25) is 0 Å². The molecule has 5 heteroatoms. The van der Waals surface area contributed by atoms with Crippen LogP contribution in [0.3, 0.4) is 0 Å². The SMILES string of the molecule is Cc1cccc(C(=O)NCc2c(C)nn(-c3ccccc3)c2C)n1. The van der Waals surface area contributed by atoms with Gasteiger partial charge in [0.2, 0.25) is 0 Å². The maximum Gasteiger partial charge on any atom is 0.270 e. The topological polar surface area (TPSA) is 59.8 Å². The summed E-state index contributed by atoms with van der Waals surface area (Å²) in [4.78, 5) is 16.5. The summed E-state index contributed by atoms with van der Waals surface area (Å²) in [6, 6.07) is 15.4. The van der Waals surface area contributed by atoms with Gasteiger partial charge in [-0.15, -0.1) is 0 Å². The summed E-state index contributed by atoms with van der Waals surface area (Å²) in [6.45, 7) is 6.27. The molecule has 0 fully saturated rings. The van der Waals surface area contributed by atoms with Gasteiger partial charge in [0.1, 0.15) is 5.69 Å². The van der Waals surface area contributed by atoms with Gasteiger partial charge in [0.25, 0.3) is 5.91 Å². The molecule has 0 aliphatic heterocycles. The molecule has 1 N–H and O–H groups in total. The molecule has 0 saturated carbocycles. The van der Waals surface area contributed by atoms with Crippen LogP contribution in [0.15, 0.2) is 48.5 Å². The minimum atomic E-state index is -0.176. The number of rotatable bonds is 4. The van der Waals surface area contributed by atoms with Crippen LogP contribution in [0.25, 0.3) is 5.69 Å². The van der Waals surface area contributed by atoms with E-state index in [0.717, 1.165) is 28.3 Å². The molecule has 2 aromatic heterocycles. The Morgan fingerprint density at radius 1 is 1.04 bits per heavy atom. The van der Waals surface area contributed by atoms with Crippen molar-refractivity contribution >= 4 is 5.91 Å². The summed E-state index contributed by atoms with van der Waals surface area (Å²) in [5, 5.41) is 7.53. The first-order valence-electron chi connectivity index (χ1n) is 7.88. The summed E-state index contributed by atoms with van der Waals surface area (Å²) >= 11 is 0. The lowest BCUT2D eigenvalue weighted by Gasteiger charge is -2.07. The van der Waals surface area contributed by atoms with Gasteiger partial charge < -0.3 is 5.32 Å². The second-order valence-corrected chi connectivity index (χ2v) is 5.74. The average Bonchev–Trinajstić information content (AvgIpc) is 2.88. The van der Waals surface area contributed by atoms with Crippen LogP contribution in [0, 0.1) is 20.8 Å². The maximum atomic E-state index is 12.3. The summed E-state index contributed by atoms with van der Waals surface area (Å²) in [7, 11) is 0. The molecular weight excluding hydrogens is 300 g/mol. The van der Waals surface area contributed by atoms with Gasteiger partial charge in [0.15, 0.2) is 0 Å². The molecule has 0 aliphatic carbocycles. The lowest BCUT2D eigenvalue weighted by Crippen LogP contribution is -2.24. The highest BCUT2D eigenvalue weighted by molar-refractivity contribution is 5.92. The quantitative estimate of drug-likeness (QED) is 0.803. The maximum absolute atomic E-state index is 12.3. The van der Waals surface area contributed by atoms with Gasteiger partial charge in [-0.05, 0) is 45.0 Å². The minimum Gasteiger partial charge on any atom is -0.346 e. The van der Waals surface area contributed by atoms with E-state index in [2.05, 4.69) is 15.4 Å². The molecule has 0 unspecified atom stereocenters. The van der Waals surface area contributed by atoms with Crippen molar-refractivity contribution in [3.05, 3.63) is 76.9 Å². The molecule has 122 valence electrons. The standard InChI is InChI=1S/C19H20N4O/c1-13-8-7-11-18(21-13)19(24)20-12-17-14(2)22-23(15(17)3)16-9-5-4-6-10-16/h4-11H,12H2,1-3H3,(H,20,24). The van der Waals surface area contributed by atoms with Gasteiger partial charge in [-0.1, -0.05) is 24.3 Å².